The summed E-state index contributed by atoms with van der Waals surface area (Å²) in [6.07, 6.45) is 0.581. The van der Waals surface area contributed by atoms with Gasteiger partial charge in [-0.15, -0.1) is 12.4 Å². The normalized spacial score (nSPS) is 19.6. The molecule has 0 aromatic heterocycles. The summed E-state index contributed by atoms with van der Waals surface area (Å²) in [4.78, 5) is 12.6. The Bertz CT molecular complexity index is 442. The van der Waals surface area contributed by atoms with Crippen LogP contribution >= 0.6 is 12.4 Å². The zero-order valence-corrected chi connectivity index (χ0v) is 10.4. The smallest absolute Gasteiger partial charge is 0.307 e. The molecule has 0 bridgehead atoms. The van der Waals surface area contributed by atoms with Crippen molar-refractivity contribution in [3.8, 4) is 0 Å². The summed E-state index contributed by atoms with van der Waals surface area (Å²) in [5.41, 5.74) is 0.400. The van der Waals surface area contributed by atoms with Crippen LogP contribution in [0.5, 0.6) is 0 Å². The molecule has 0 amide bonds. The van der Waals surface area contributed by atoms with Crippen molar-refractivity contribution in [2.45, 2.75) is 13.0 Å². The van der Waals surface area contributed by atoms with Crippen LogP contribution in [0.1, 0.15) is 12.0 Å². The number of nitrogens with zero attached hydrogens (tertiary/aromatic N) is 1. The highest BCUT2D eigenvalue weighted by Crippen LogP contribution is 2.20. The summed E-state index contributed by atoms with van der Waals surface area (Å²) in [6.45, 7) is 1.38. The van der Waals surface area contributed by atoms with Crippen molar-refractivity contribution in [3.63, 3.8) is 0 Å². The standard InChI is InChI=1S/C12H13F2NO2.ClH/c13-10-2-1-8(11(14)5-10)6-15-4-3-9(7-15)12(16)17;/h1-2,5,9H,3-4,6-7H2,(H,16,17);1H. The van der Waals surface area contributed by atoms with E-state index in [0.717, 1.165) is 6.07 Å². The van der Waals surface area contributed by atoms with Crippen LogP contribution in [-0.4, -0.2) is 29.1 Å². The van der Waals surface area contributed by atoms with Gasteiger partial charge in [0.1, 0.15) is 11.6 Å². The number of carbonyl (C=O) groups is 1. The van der Waals surface area contributed by atoms with Gasteiger partial charge in [0.2, 0.25) is 0 Å². The van der Waals surface area contributed by atoms with E-state index >= 15 is 0 Å². The minimum Gasteiger partial charge on any atom is -0.481 e. The Morgan fingerprint density at radius 3 is 2.72 bits per heavy atom. The second-order valence-electron chi connectivity index (χ2n) is 4.29. The van der Waals surface area contributed by atoms with Gasteiger partial charge in [-0.25, -0.2) is 8.78 Å². The van der Waals surface area contributed by atoms with Crippen LogP contribution in [0.25, 0.3) is 0 Å². The first kappa shape index (κ1) is 14.9. The van der Waals surface area contributed by atoms with Gasteiger partial charge in [0.25, 0.3) is 0 Å². The van der Waals surface area contributed by atoms with Crippen molar-refractivity contribution in [2.75, 3.05) is 13.1 Å². The third-order valence-electron chi connectivity index (χ3n) is 3.03. The molecule has 1 aromatic carbocycles. The SMILES string of the molecule is Cl.O=C(O)C1CCN(Cc2ccc(F)cc2F)C1. The molecule has 1 aliphatic rings. The molecule has 1 aliphatic heterocycles. The molecular weight excluding hydrogens is 264 g/mol. The van der Waals surface area contributed by atoms with Gasteiger partial charge >= 0.3 is 5.97 Å². The second kappa shape index (κ2) is 6.11. The predicted octanol–water partition coefficient (Wildman–Crippen LogP) is 2.29. The van der Waals surface area contributed by atoms with Crippen molar-refractivity contribution in [2.24, 2.45) is 5.92 Å². The molecule has 18 heavy (non-hydrogen) atoms. The highest BCUT2D eigenvalue weighted by molar-refractivity contribution is 5.85. The summed E-state index contributed by atoms with van der Waals surface area (Å²) in [6, 6.07) is 3.46. The Morgan fingerprint density at radius 2 is 2.17 bits per heavy atom. The lowest BCUT2D eigenvalue weighted by Crippen LogP contribution is -2.23. The van der Waals surface area contributed by atoms with Crippen molar-refractivity contribution >= 4 is 18.4 Å². The number of benzene rings is 1. The molecule has 100 valence electrons. The summed E-state index contributed by atoms with van der Waals surface area (Å²) in [5, 5.41) is 8.84. The van der Waals surface area contributed by atoms with Crippen molar-refractivity contribution < 1.29 is 18.7 Å². The average molecular weight is 278 g/mol. The number of aliphatic carboxylic acids is 1. The largest absolute Gasteiger partial charge is 0.481 e. The summed E-state index contributed by atoms with van der Waals surface area (Å²) >= 11 is 0. The topological polar surface area (TPSA) is 40.5 Å². The first-order valence-electron chi connectivity index (χ1n) is 5.45. The molecule has 1 saturated heterocycles. The van der Waals surface area contributed by atoms with Crippen molar-refractivity contribution in [1.29, 1.82) is 0 Å². The molecule has 0 aliphatic carbocycles. The molecule has 6 heteroatoms. The summed E-state index contributed by atoms with van der Waals surface area (Å²) in [7, 11) is 0. The summed E-state index contributed by atoms with van der Waals surface area (Å²) in [5.74, 6) is -2.37. The molecule has 1 fully saturated rings. The van der Waals surface area contributed by atoms with E-state index in [1.165, 1.54) is 12.1 Å². The van der Waals surface area contributed by atoms with E-state index in [-0.39, 0.29) is 18.3 Å². The third kappa shape index (κ3) is 3.40. The van der Waals surface area contributed by atoms with E-state index in [9.17, 15) is 13.6 Å². The van der Waals surface area contributed by atoms with E-state index in [1.54, 1.807) is 0 Å². The van der Waals surface area contributed by atoms with E-state index in [2.05, 4.69) is 0 Å². The fraction of sp³-hybridized carbons (Fsp3) is 0.417. The van der Waals surface area contributed by atoms with Gasteiger partial charge in [-0.3, -0.25) is 9.69 Å². The maximum absolute atomic E-state index is 13.4. The van der Waals surface area contributed by atoms with Crippen LogP contribution in [-0.2, 0) is 11.3 Å². The van der Waals surface area contributed by atoms with Crippen LogP contribution in [0.2, 0.25) is 0 Å². The molecule has 1 heterocycles. The van der Waals surface area contributed by atoms with Gasteiger partial charge in [0.05, 0.1) is 5.92 Å². The molecule has 0 radical (unpaired) electrons. The monoisotopic (exact) mass is 277 g/mol. The van der Waals surface area contributed by atoms with E-state index < -0.39 is 17.6 Å². The molecule has 2 rings (SSSR count). The third-order valence-corrected chi connectivity index (χ3v) is 3.03. The number of carboxylic acid groups (broad SMARTS) is 1. The maximum Gasteiger partial charge on any atom is 0.307 e. The maximum atomic E-state index is 13.4. The minimum atomic E-state index is -0.813. The van der Waals surface area contributed by atoms with Gasteiger partial charge in [0, 0.05) is 24.7 Å². The molecule has 1 N–H and O–H groups in total. The minimum absolute atomic E-state index is 0. The number of hydrogen-bond donors (Lipinski definition) is 1. The lowest BCUT2D eigenvalue weighted by atomic mass is 10.1. The Balaban J connectivity index is 0.00000162. The number of carboxylic acids is 1. The average Bonchev–Trinajstić information content (AvgIpc) is 2.71. The number of halogens is 3. The van der Waals surface area contributed by atoms with Crippen LogP contribution in [0.4, 0.5) is 8.78 Å². The van der Waals surface area contributed by atoms with Crippen LogP contribution in [0, 0.1) is 17.6 Å². The van der Waals surface area contributed by atoms with Crippen molar-refractivity contribution in [3.05, 3.63) is 35.4 Å². The highest BCUT2D eigenvalue weighted by Gasteiger charge is 2.28. The van der Waals surface area contributed by atoms with Crippen LogP contribution < -0.4 is 0 Å². The molecule has 1 atom stereocenters. The van der Waals surface area contributed by atoms with Crippen LogP contribution in [0.3, 0.4) is 0 Å². The fourth-order valence-corrected chi connectivity index (χ4v) is 2.07. The highest BCUT2D eigenvalue weighted by atomic mass is 35.5. The molecular formula is C12H14ClF2NO2. The van der Waals surface area contributed by atoms with Gasteiger partial charge in [-0.2, -0.15) is 0 Å². The van der Waals surface area contributed by atoms with Gasteiger partial charge < -0.3 is 5.11 Å². The first-order valence-corrected chi connectivity index (χ1v) is 5.45. The van der Waals surface area contributed by atoms with Gasteiger partial charge in [0.15, 0.2) is 0 Å². The van der Waals surface area contributed by atoms with Crippen LogP contribution in [0.15, 0.2) is 18.2 Å². The van der Waals surface area contributed by atoms with E-state index in [1.807, 2.05) is 4.90 Å². The fourth-order valence-electron chi connectivity index (χ4n) is 2.07. The van der Waals surface area contributed by atoms with Crippen molar-refractivity contribution in [1.82, 2.24) is 4.90 Å². The van der Waals surface area contributed by atoms with E-state index in [4.69, 9.17) is 5.11 Å². The molecule has 0 saturated carbocycles. The molecule has 1 aromatic rings. The zero-order chi connectivity index (χ0) is 12.4. The second-order valence-corrected chi connectivity index (χ2v) is 4.29. The Kier molecular flexibility index (Phi) is 5.04. The Morgan fingerprint density at radius 1 is 1.44 bits per heavy atom. The first-order chi connectivity index (χ1) is 8.06. The summed E-state index contributed by atoms with van der Waals surface area (Å²) < 4.78 is 26.1. The number of rotatable bonds is 3. The molecule has 1 unspecified atom stereocenters. The number of likely N-dealkylation sites (tertiary alicyclic amines) is 1. The Labute approximate surface area is 110 Å². The Hall–Kier alpha value is -1.20. The van der Waals surface area contributed by atoms with Gasteiger partial charge in [-0.05, 0) is 19.0 Å². The lowest BCUT2D eigenvalue weighted by Gasteiger charge is -2.15. The molecule has 0 spiro atoms. The molecule has 3 nitrogen and oxygen atoms in total. The number of hydrogen-bond acceptors (Lipinski definition) is 2. The van der Waals surface area contributed by atoms with Gasteiger partial charge in [-0.1, -0.05) is 6.07 Å². The predicted molar refractivity (Wildman–Crippen MR) is 64.6 cm³/mol. The zero-order valence-electron chi connectivity index (χ0n) is 9.60. The quantitative estimate of drug-likeness (QED) is 0.922. The lowest BCUT2D eigenvalue weighted by molar-refractivity contribution is -0.141. The van der Waals surface area contributed by atoms with E-state index in [0.29, 0.717) is 31.6 Å².